The van der Waals surface area contributed by atoms with E-state index in [1.54, 1.807) is 4.90 Å². The number of amides is 1. The van der Waals surface area contributed by atoms with E-state index in [0.29, 0.717) is 25.9 Å². The average Bonchev–Trinajstić information content (AvgIpc) is 2.47. The Kier molecular flexibility index (Phi) is 4.27. The van der Waals surface area contributed by atoms with Crippen LogP contribution < -0.4 is 4.74 Å². The number of rotatable bonds is 3. The van der Waals surface area contributed by atoms with Crippen molar-refractivity contribution in [1.29, 1.82) is 0 Å². The predicted octanol–water partition coefficient (Wildman–Crippen LogP) is 1.90. The Labute approximate surface area is 139 Å². The lowest BCUT2D eigenvalue weighted by molar-refractivity contribution is -0.135. The van der Waals surface area contributed by atoms with E-state index in [1.165, 1.54) is 12.1 Å². The summed E-state index contributed by atoms with van der Waals surface area (Å²) in [6, 6.07) is 4.02. The van der Waals surface area contributed by atoms with Gasteiger partial charge in [0.2, 0.25) is 0 Å². The van der Waals surface area contributed by atoms with Crippen LogP contribution in [0.25, 0.3) is 0 Å². The van der Waals surface area contributed by atoms with Crippen molar-refractivity contribution >= 4 is 27.3 Å². The molecular weight excluding hydrogens is 345 g/mol. The largest absolute Gasteiger partial charge is 0.484 e. The molecule has 1 aromatic carbocycles. The molecule has 2 saturated heterocycles. The fourth-order valence-electron chi connectivity index (χ4n) is 3.21. The Morgan fingerprint density at radius 2 is 1.96 bits per heavy atom. The molecule has 0 unspecified atom stereocenters. The van der Waals surface area contributed by atoms with Crippen LogP contribution in [0.2, 0.25) is 5.02 Å². The normalized spacial score (nSPS) is 21.7. The van der Waals surface area contributed by atoms with Gasteiger partial charge in [-0.25, -0.2) is 12.8 Å². The van der Waals surface area contributed by atoms with Gasteiger partial charge in [-0.3, -0.25) is 4.79 Å². The maximum atomic E-state index is 13.3. The first-order chi connectivity index (χ1) is 10.8. The summed E-state index contributed by atoms with van der Waals surface area (Å²) in [6.45, 7) is 0.895. The van der Waals surface area contributed by atoms with Crippen LogP contribution >= 0.6 is 11.6 Å². The molecule has 0 saturated carbocycles. The highest BCUT2D eigenvalue weighted by atomic mass is 35.5. The number of ether oxygens (including phenoxy) is 1. The van der Waals surface area contributed by atoms with Crippen molar-refractivity contribution < 1.29 is 22.3 Å². The minimum absolute atomic E-state index is 0.000422. The molecule has 2 aliphatic rings. The van der Waals surface area contributed by atoms with Crippen molar-refractivity contribution in [2.45, 2.75) is 12.8 Å². The van der Waals surface area contributed by atoms with Crippen LogP contribution in [0.5, 0.6) is 5.75 Å². The highest BCUT2D eigenvalue weighted by Crippen LogP contribution is 2.42. The topological polar surface area (TPSA) is 63.7 Å². The summed E-state index contributed by atoms with van der Waals surface area (Å²) < 4.78 is 41.3. The molecule has 0 aliphatic carbocycles. The smallest absolute Gasteiger partial charge is 0.260 e. The van der Waals surface area contributed by atoms with E-state index in [9.17, 15) is 17.6 Å². The number of halogens is 2. The van der Waals surface area contributed by atoms with Gasteiger partial charge in [-0.2, -0.15) is 0 Å². The van der Waals surface area contributed by atoms with Crippen molar-refractivity contribution in [2.24, 2.45) is 5.41 Å². The van der Waals surface area contributed by atoms with Gasteiger partial charge in [0.15, 0.2) is 16.4 Å². The molecule has 0 bridgehead atoms. The van der Waals surface area contributed by atoms with E-state index in [2.05, 4.69) is 0 Å². The van der Waals surface area contributed by atoms with Gasteiger partial charge in [0, 0.05) is 24.6 Å². The molecular formula is C15H17ClFNO4S. The molecule has 3 rings (SSSR count). The van der Waals surface area contributed by atoms with Crippen LogP contribution in [-0.2, 0) is 14.6 Å². The van der Waals surface area contributed by atoms with Crippen molar-refractivity contribution in [3.63, 3.8) is 0 Å². The Bertz CT molecular complexity index is 715. The Balaban J connectivity index is 1.49. The number of hydrogen-bond donors (Lipinski definition) is 0. The molecule has 2 fully saturated rings. The third-order valence-electron chi connectivity index (χ3n) is 4.48. The highest BCUT2D eigenvalue weighted by Gasteiger charge is 2.49. The van der Waals surface area contributed by atoms with Crippen LogP contribution in [0.15, 0.2) is 18.2 Å². The van der Waals surface area contributed by atoms with Gasteiger partial charge < -0.3 is 9.64 Å². The lowest BCUT2D eigenvalue weighted by Gasteiger charge is -2.46. The number of sulfone groups is 1. The van der Waals surface area contributed by atoms with Gasteiger partial charge in [-0.1, -0.05) is 11.6 Å². The van der Waals surface area contributed by atoms with Crippen molar-refractivity contribution in [3.05, 3.63) is 29.0 Å². The van der Waals surface area contributed by atoms with Gasteiger partial charge in [0.25, 0.3) is 5.91 Å². The molecule has 1 spiro atoms. The molecule has 126 valence electrons. The van der Waals surface area contributed by atoms with Crippen LogP contribution in [-0.4, -0.2) is 50.4 Å². The summed E-state index contributed by atoms with van der Waals surface area (Å²) in [5.74, 6) is -0.0514. The molecule has 0 N–H and O–H groups in total. The first-order valence-corrected chi connectivity index (χ1v) is 9.55. The maximum absolute atomic E-state index is 13.3. The second-order valence-electron chi connectivity index (χ2n) is 6.28. The second-order valence-corrected chi connectivity index (χ2v) is 8.75. The molecule has 23 heavy (non-hydrogen) atoms. The lowest BCUT2D eigenvalue weighted by atomic mass is 9.81. The third kappa shape index (κ3) is 3.61. The molecule has 0 radical (unpaired) electrons. The maximum Gasteiger partial charge on any atom is 0.260 e. The monoisotopic (exact) mass is 361 g/mol. The zero-order valence-electron chi connectivity index (χ0n) is 12.4. The standard InChI is InChI=1S/C15H17ClFNO4S/c16-12-2-1-11(7-13(12)17)22-8-14(19)18-5-3-15(4-6-18)9-23(20,21)10-15/h1-2,7H,3-6,8-10H2. The van der Waals surface area contributed by atoms with Crippen LogP contribution in [0.4, 0.5) is 4.39 Å². The fraction of sp³-hybridized carbons (Fsp3) is 0.533. The molecule has 0 atom stereocenters. The molecule has 2 heterocycles. The van der Waals surface area contributed by atoms with E-state index in [1.807, 2.05) is 0 Å². The SMILES string of the molecule is O=C(COc1ccc(Cl)c(F)c1)N1CCC2(CC1)CS(=O)(=O)C2. The number of hydrogen-bond acceptors (Lipinski definition) is 4. The summed E-state index contributed by atoms with van der Waals surface area (Å²) in [7, 11) is -2.86. The zero-order valence-corrected chi connectivity index (χ0v) is 14.0. The first kappa shape index (κ1) is 16.5. The number of nitrogens with zero attached hydrogens (tertiary/aromatic N) is 1. The van der Waals surface area contributed by atoms with Gasteiger partial charge in [0.1, 0.15) is 11.6 Å². The van der Waals surface area contributed by atoms with E-state index in [0.717, 1.165) is 6.07 Å². The summed E-state index contributed by atoms with van der Waals surface area (Å²) in [6.07, 6.45) is 1.40. The van der Waals surface area contributed by atoms with Gasteiger partial charge in [-0.05, 0) is 25.0 Å². The molecule has 1 amide bonds. The Morgan fingerprint density at radius 3 is 2.52 bits per heavy atom. The molecule has 0 aromatic heterocycles. The predicted molar refractivity (Wildman–Crippen MR) is 83.8 cm³/mol. The van der Waals surface area contributed by atoms with Crippen LogP contribution in [0.3, 0.4) is 0 Å². The first-order valence-electron chi connectivity index (χ1n) is 7.35. The van der Waals surface area contributed by atoms with Crippen molar-refractivity contribution in [3.8, 4) is 5.75 Å². The van der Waals surface area contributed by atoms with Crippen molar-refractivity contribution in [2.75, 3.05) is 31.2 Å². The Morgan fingerprint density at radius 1 is 1.30 bits per heavy atom. The number of likely N-dealkylation sites (tertiary alicyclic amines) is 1. The lowest BCUT2D eigenvalue weighted by Crippen LogP contribution is -2.55. The number of carbonyl (C=O) groups excluding carboxylic acids is 1. The summed E-state index contributed by atoms with van der Waals surface area (Å²) in [5.41, 5.74) is -0.129. The summed E-state index contributed by atoms with van der Waals surface area (Å²) >= 11 is 5.58. The molecule has 2 aliphatic heterocycles. The fourth-order valence-corrected chi connectivity index (χ4v) is 5.69. The van der Waals surface area contributed by atoms with Crippen molar-refractivity contribution in [1.82, 2.24) is 4.90 Å². The van der Waals surface area contributed by atoms with Crippen LogP contribution in [0, 0.1) is 11.2 Å². The van der Waals surface area contributed by atoms with E-state index < -0.39 is 15.7 Å². The minimum atomic E-state index is -2.86. The summed E-state index contributed by atoms with van der Waals surface area (Å²) in [5, 5.41) is 0.000422. The number of piperidine rings is 1. The number of benzene rings is 1. The molecule has 5 nitrogen and oxygen atoms in total. The highest BCUT2D eigenvalue weighted by molar-refractivity contribution is 7.92. The second kappa shape index (κ2) is 5.94. The quantitative estimate of drug-likeness (QED) is 0.824. The van der Waals surface area contributed by atoms with Gasteiger partial charge in [-0.15, -0.1) is 0 Å². The van der Waals surface area contributed by atoms with Gasteiger partial charge in [0.05, 0.1) is 16.5 Å². The molecule has 8 heteroatoms. The molecule has 1 aromatic rings. The summed E-state index contributed by atoms with van der Waals surface area (Å²) in [4.78, 5) is 13.8. The van der Waals surface area contributed by atoms with Crippen LogP contribution in [0.1, 0.15) is 12.8 Å². The van der Waals surface area contributed by atoms with Gasteiger partial charge >= 0.3 is 0 Å². The average molecular weight is 362 g/mol. The Hall–Kier alpha value is -1.34. The van der Waals surface area contributed by atoms with E-state index in [4.69, 9.17) is 16.3 Å². The number of carbonyl (C=O) groups is 1. The third-order valence-corrected chi connectivity index (χ3v) is 6.89. The zero-order chi connectivity index (χ0) is 16.7. The van der Waals surface area contributed by atoms with E-state index >= 15 is 0 Å². The minimum Gasteiger partial charge on any atom is -0.484 e. The van der Waals surface area contributed by atoms with E-state index in [-0.39, 0.29) is 40.2 Å².